The molecule has 0 fully saturated rings. The van der Waals surface area contributed by atoms with Crippen LogP contribution in [-0.2, 0) is 66.4 Å². The zero-order valence-electron chi connectivity index (χ0n) is 26.7. The fraction of sp³-hybridized carbons (Fsp3) is 0.966. The molecule has 14 nitrogen and oxygen atoms in total. The Balaban J connectivity index is 3.05. The third-order valence-electron chi connectivity index (χ3n) is 5.07. The molecule has 0 aliphatic rings. The molecule has 0 rings (SSSR count). The van der Waals surface area contributed by atoms with Crippen LogP contribution in [0.3, 0.4) is 0 Å². The molecule has 0 bridgehead atoms. The summed E-state index contributed by atoms with van der Waals surface area (Å²) in [7, 11) is 0. The van der Waals surface area contributed by atoms with Crippen LogP contribution in [0.5, 0.6) is 0 Å². The standard InChI is InChI=1S/C29H57IO14/c1-2-44-29(31)3-5-32-7-9-34-11-13-36-15-17-38-19-21-40-23-25-42-27-28-43-26-24-41-22-20-39-18-16-37-14-12-35-10-8-33-6-4-30/h2-28H2,1H3. The quantitative estimate of drug-likeness (QED) is 0.0389. The second-order valence-corrected chi connectivity index (χ2v) is 9.67. The largest absolute Gasteiger partial charge is 0.466 e. The average Bonchev–Trinajstić information content (AvgIpc) is 3.02. The highest BCUT2D eigenvalue weighted by Gasteiger charge is 2.01. The summed E-state index contributed by atoms with van der Waals surface area (Å²) < 4.78 is 70.8. The van der Waals surface area contributed by atoms with Crippen LogP contribution in [0, 0.1) is 0 Å². The maximum absolute atomic E-state index is 11.1. The van der Waals surface area contributed by atoms with Gasteiger partial charge in [-0.2, -0.15) is 0 Å². The van der Waals surface area contributed by atoms with E-state index in [1.54, 1.807) is 6.92 Å². The van der Waals surface area contributed by atoms with Gasteiger partial charge in [-0.1, -0.05) is 22.6 Å². The second-order valence-electron chi connectivity index (χ2n) is 8.59. The average molecular weight is 757 g/mol. The molecule has 0 saturated heterocycles. The first kappa shape index (κ1) is 43.7. The number of halogens is 1. The van der Waals surface area contributed by atoms with Crippen molar-refractivity contribution in [1.29, 1.82) is 0 Å². The van der Waals surface area contributed by atoms with Crippen LogP contribution >= 0.6 is 22.6 Å². The van der Waals surface area contributed by atoms with Crippen molar-refractivity contribution in [2.45, 2.75) is 13.3 Å². The van der Waals surface area contributed by atoms with Gasteiger partial charge in [0.25, 0.3) is 0 Å². The highest BCUT2D eigenvalue weighted by atomic mass is 127. The predicted molar refractivity (Wildman–Crippen MR) is 170 cm³/mol. The van der Waals surface area contributed by atoms with Crippen molar-refractivity contribution in [1.82, 2.24) is 0 Å². The van der Waals surface area contributed by atoms with Crippen molar-refractivity contribution < 1.29 is 66.4 Å². The molecular formula is C29H57IO14. The van der Waals surface area contributed by atoms with Crippen LogP contribution in [0.1, 0.15) is 13.3 Å². The van der Waals surface area contributed by atoms with E-state index in [9.17, 15) is 4.79 Å². The van der Waals surface area contributed by atoms with Crippen LogP contribution < -0.4 is 0 Å². The van der Waals surface area contributed by atoms with Crippen LogP contribution in [0.15, 0.2) is 0 Å². The summed E-state index contributed by atoms with van der Waals surface area (Å²) in [6.07, 6.45) is 0.257. The topological polar surface area (TPSA) is 137 Å². The summed E-state index contributed by atoms with van der Waals surface area (Å²) in [5.41, 5.74) is 0. The smallest absolute Gasteiger partial charge is 0.308 e. The maximum atomic E-state index is 11.1. The first-order valence-electron chi connectivity index (χ1n) is 15.5. The Bertz CT molecular complexity index is 550. The Morgan fingerprint density at radius 3 is 0.773 bits per heavy atom. The summed E-state index contributed by atoms with van der Waals surface area (Å²) in [5, 5.41) is 0. The molecule has 264 valence electrons. The van der Waals surface area contributed by atoms with E-state index < -0.39 is 0 Å². The lowest BCUT2D eigenvalue weighted by atomic mass is 10.5. The Morgan fingerprint density at radius 2 is 0.568 bits per heavy atom. The van der Waals surface area contributed by atoms with Gasteiger partial charge in [0, 0.05) is 4.43 Å². The minimum absolute atomic E-state index is 0.250. The molecule has 0 aliphatic carbocycles. The third-order valence-corrected chi connectivity index (χ3v) is 5.51. The van der Waals surface area contributed by atoms with E-state index in [2.05, 4.69) is 22.6 Å². The van der Waals surface area contributed by atoms with Crippen molar-refractivity contribution in [3.8, 4) is 0 Å². The molecule has 0 spiro atoms. The lowest BCUT2D eigenvalue weighted by Gasteiger charge is -2.09. The first-order valence-corrected chi connectivity index (χ1v) is 17.0. The van der Waals surface area contributed by atoms with Crippen LogP contribution in [0.2, 0.25) is 0 Å². The summed E-state index contributed by atoms with van der Waals surface area (Å²) in [4.78, 5) is 11.1. The van der Waals surface area contributed by atoms with Gasteiger partial charge in [-0.05, 0) is 6.92 Å². The number of carbonyl (C=O) groups excluding carboxylic acids is 1. The number of ether oxygens (including phenoxy) is 13. The van der Waals surface area contributed by atoms with E-state index in [1.807, 2.05) is 0 Å². The van der Waals surface area contributed by atoms with Gasteiger partial charge < -0.3 is 61.6 Å². The molecule has 0 aromatic heterocycles. The van der Waals surface area contributed by atoms with Crippen molar-refractivity contribution >= 4 is 28.6 Å². The Labute approximate surface area is 277 Å². The molecule has 0 aromatic carbocycles. The van der Waals surface area contributed by atoms with E-state index in [0.29, 0.717) is 159 Å². The molecular weight excluding hydrogens is 699 g/mol. The van der Waals surface area contributed by atoms with Crippen LogP contribution in [0.25, 0.3) is 0 Å². The van der Waals surface area contributed by atoms with E-state index in [-0.39, 0.29) is 12.4 Å². The van der Waals surface area contributed by atoms with Crippen LogP contribution in [-0.4, -0.2) is 176 Å². The first-order chi connectivity index (χ1) is 21.8. The SMILES string of the molecule is CCOC(=O)CCOCCOCCOCCOCCOCCOCCOCCOCCOCCOCCOCCOCCI. The van der Waals surface area contributed by atoms with Gasteiger partial charge in [-0.3, -0.25) is 4.79 Å². The van der Waals surface area contributed by atoms with Gasteiger partial charge in [0.1, 0.15) is 0 Å². The number of alkyl halides is 1. The maximum Gasteiger partial charge on any atom is 0.308 e. The zero-order chi connectivity index (χ0) is 31.9. The van der Waals surface area contributed by atoms with Gasteiger partial charge in [0.05, 0.1) is 172 Å². The minimum Gasteiger partial charge on any atom is -0.466 e. The molecule has 0 unspecified atom stereocenters. The van der Waals surface area contributed by atoms with Crippen molar-refractivity contribution in [3.05, 3.63) is 0 Å². The summed E-state index contributed by atoms with van der Waals surface area (Å²) in [5.74, 6) is -0.250. The van der Waals surface area contributed by atoms with Crippen molar-refractivity contribution in [3.63, 3.8) is 0 Å². The Hall–Kier alpha value is -0.280. The Kier molecular flexibility index (Phi) is 40.5. The minimum atomic E-state index is -0.250. The molecule has 0 aromatic rings. The van der Waals surface area contributed by atoms with Gasteiger partial charge in [-0.25, -0.2) is 0 Å². The van der Waals surface area contributed by atoms with E-state index >= 15 is 0 Å². The van der Waals surface area contributed by atoms with Gasteiger partial charge in [-0.15, -0.1) is 0 Å². The predicted octanol–water partition coefficient (Wildman–Crippen LogP) is 1.57. The van der Waals surface area contributed by atoms with E-state index in [1.165, 1.54) is 0 Å². The molecule has 44 heavy (non-hydrogen) atoms. The summed E-state index contributed by atoms with van der Waals surface area (Å²) in [6.45, 7) is 14.5. The number of hydrogen-bond donors (Lipinski definition) is 0. The highest BCUT2D eigenvalue weighted by Crippen LogP contribution is 1.90. The van der Waals surface area contributed by atoms with E-state index in [0.717, 1.165) is 11.0 Å². The van der Waals surface area contributed by atoms with Crippen LogP contribution in [0.4, 0.5) is 0 Å². The molecule has 0 heterocycles. The molecule has 0 radical (unpaired) electrons. The zero-order valence-corrected chi connectivity index (χ0v) is 28.8. The van der Waals surface area contributed by atoms with Crippen molar-refractivity contribution in [2.24, 2.45) is 0 Å². The number of esters is 1. The molecule has 0 amide bonds. The summed E-state index contributed by atoms with van der Waals surface area (Å²) in [6, 6.07) is 0. The lowest BCUT2D eigenvalue weighted by Crippen LogP contribution is -2.15. The Morgan fingerprint density at radius 1 is 0.364 bits per heavy atom. The second kappa shape index (κ2) is 40.7. The van der Waals surface area contributed by atoms with Gasteiger partial charge in [0.15, 0.2) is 0 Å². The fourth-order valence-corrected chi connectivity index (χ4v) is 3.28. The number of hydrogen-bond acceptors (Lipinski definition) is 14. The summed E-state index contributed by atoms with van der Waals surface area (Å²) >= 11 is 2.27. The number of carbonyl (C=O) groups is 1. The molecule has 15 heteroatoms. The normalized spacial score (nSPS) is 11.4. The molecule has 0 atom stereocenters. The number of rotatable bonds is 39. The molecule has 0 saturated carbocycles. The van der Waals surface area contributed by atoms with E-state index in [4.69, 9.17) is 61.6 Å². The highest BCUT2D eigenvalue weighted by molar-refractivity contribution is 14.1. The monoisotopic (exact) mass is 756 g/mol. The fourth-order valence-electron chi connectivity index (χ4n) is 2.96. The molecule has 0 N–H and O–H groups in total. The van der Waals surface area contributed by atoms with Gasteiger partial charge in [0.2, 0.25) is 0 Å². The van der Waals surface area contributed by atoms with Crippen molar-refractivity contribution in [2.75, 3.05) is 170 Å². The third kappa shape index (κ3) is 39.7. The lowest BCUT2D eigenvalue weighted by molar-refractivity contribution is -0.144. The molecule has 0 aliphatic heterocycles. The van der Waals surface area contributed by atoms with Gasteiger partial charge >= 0.3 is 5.97 Å².